The molecule has 4 rings (SSSR count). The van der Waals surface area contributed by atoms with E-state index in [1.807, 2.05) is 49.4 Å². The molecule has 1 N–H and O–H groups in total. The number of aryl methyl sites for hydroxylation is 1. The van der Waals surface area contributed by atoms with Crippen molar-refractivity contribution in [1.82, 2.24) is 15.5 Å². The summed E-state index contributed by atoms with van der Waals surface area (Å²) < 4.78 is 16.0. The molecule has 0 saturated carbocycles. The Bertz CT molecular complexity index is 860. The van der Waals surface area contributed by atoms with Gasteiger partial charge in [-0.1, -0.05) is 28.9 Å². The average Bonchev–Trinajstić information content (AvgIpc) is 3.23. The smallest absolute Gasteiger partial charge is 0.257 e. The molecule has 0 amide bonds. The van der Waals surface area contributed by atoms with Crippen LogP contribution in [0.5, 0.6) is 11.5 Å². The highest BCUT2D eigenvalue weighted by molar-refractivity contribution is 5.53. The van der Waals surface area contributed by atoms with Gasteiger partial charge in [-0.25, -0.2) is 0 Å². The number of benzene rings is 2. The largest absolute Gasteiger partial charge is 0.454 e. The fraction of sp³-hybridized carbons (Fsp3) is 0.222. The summed E-state index contributed by atoms with van der Waals surface area (Å²) >= 11 is 0. The highest BCUT2D eigenvalue weighted by Crippen LogP contribution is 2.32. The second-order valence-electron chi connectivity index (χ2n) is 5.68. The van der Waals surface area contributed by atoms with E-state index in [1.54, 1.807) is 0 Å². The van der Waals surface area contributed by atoms with Crippen LogP contribution in [0, 0.1) is 6.92 Å². The van der Waals surface area contributed by atoms with Gasteiger partial charge in [-0.2, -0.15) is 4.98 Å². The number of aromatic nitrogens is 2. The van der Waals surface area contributed by atoms with Crippen molar-refractivity contribution in [3.8, 4) is 23.0 Å². The summed E-state index contributed by atoms with van der Waals surface area (Å²) in [6.45, 7) is 3.54. The lowest BCUT2D eigenvalue weighted by atomic mass is 10.1. The van der Waals surface area contributed by atoms with Gasteiger partial charge in [-0.15, -0.1) is 0 Å². The maximum atomic E-state index is 5.38. The molecule has 122 valence electrons. The highest BCUT2D eigenvalue weighted by Gasteiger charge is 2.13. The van der Waals surface area contributed by atoms with E-state index in [0.29, 0.717) is 24.8 Å². The Balaban J connectivity index is 1.37. The minimum absolute atomic E-state index is 0.289. The molecular formula is C18H17N3O3. The first-order valence-electron chi connectivity index (χ1n) is 7.77. The molecular weight excluding hydrogens is 306 g/mol. The van der Waals surface area contributed by atoms with Crippen LogP contribution in [-0.4, -0.2) is 16.9 Å². The first-order valence-corrected chi connectivity index (χ1v) is 7.77. The molecule has 2 heterocycles. The van der Waals surface area contributed by atoms with Crippen molar-refractivity contribution in [1.29, 1.82) is 0 Å². The third kappa shape index (κ3) is 3.09. The second kappa shape index (κ2) is 6.33. The number of ether oxygens (including phenoxy) is 2. The molecule has 0 fully saturated rings. The van der Waals surface area contributed by atoms with Crippen LogP contribution in [0.1, 0.15) is 17.0 Å². The van der Waals surface area contributed by atoms with Gasteiger partial charge in [0.2, 0.25) is 6.79 Å². The van der Waals surface area contributed by atoms with Crippen molar-refractivity contribution in [2.24, 2.45) is 0 Å². The van der Waals surface area contributed by atoms with Gasteiger partial charge in [0.05, 0.1) is 6.54 Å². The van der Waals surface area contributed by atoms with Gasteiger partial charge in [-0.05, 0) is 36.8 Å². The van der Waals surface area contributed by atoms with Crippen molar-refractivity contribution in [2.75, 3.05) is 6.79 Å². The Labute approximate surface area is 139 Å². The van der Waals surface area contributed by atoms with Gasteiger partial charge in [0.25, 0.3) is 5.89 Å². The number of rotatable bonds is 5. The Hall–Kier alpha value is -2.86. The number of fused-ring (bicyclic) bond motifs is 1. The zero-order valence-corrected chi connectivity index (χ0v) is 13.3. The normalized spacial score (nSPS) is 12.5. The Morgan fingerprint density at radius 2 is 1.96 bits per heavy atom. The van der Waals surface area contributed by atoms with E-state index in [9.17, 15) is 0 Å². The molecule has 0 radical (unpaired) electrons. The topological polar surface area (TPSA) is 69.4 Å². The SMILES string of the molecule is Cc1cccc(-c2nc(CNCc3ccc4c(c3)OCO4)no2)c1. The minimum Gasteiger partial charge on any atom is -0.454 e. The van der Waals surface area contributed by atoms with E-state index in [0.717, 1.165) is 28.2 Å². The summed E-state index contributed by atoms with van der Waals surface area (Å²) in [6.07, 6.45) is 0. The van der Waals surface area contributed by atoms with E-state index >= 15 is 0 Å². The number of hydrogen-bond donors (Lipinski definition) is 1. The second-order valence-corrected chi connectivity index (χ2v) is 5.68. The van der Waals surface area contributed by atoms with Gasteiger partial charge in [0, 0.05) is 12.1 Å². The van der Waals surface area contributed by atoms with Crippen molar-refractivity contribution >= 4 is 0 Å². The molecule has 0 unspecified atom stereocenters. The Morgan fingerprint density at radius 3 is 2.88 bits per heavy atom. The summed E-state index contributed by atoms with van der Waals surface area (Å²) in [5.41, 5.74) is 3.21. The Kier molecular flexibility index (Phi) is 3.88. The molecule has 1 aromatic heterocycles. The van der Waals surface area contributed by atoms with E-state index < -0.39 is 0 Å². The van der Waals surface area contributed by atoms with E-state index in [-0.39, 0.29) is 6.79 Å². The van der Waals surface area contributed by atoms with Gasteiger partial charge >= 0.3 is 0 Å². The lowest BCUT2D eigenvalue weighted by Gasteiger charge is -2.03. The van der Waals surface area contributed by atoms with Crippen LogP contribution in [0.15, 0.2) is 47.0 Å². The van der Waals surface area contributed by atoms with Crippen LogP contribution < -0.4 is 14.8 Å². The van der Waals surface area contributed by atoms with Gasteiger partial charge < -0.3 is 19.3 Å². The summed E-state index contributed by atoms with van der Waals surface area (Å²) in [5, 5.41) is 7.32. The maximum Gasteiger partial charge on any atom is 0.257 e. The summed E-state index contributed by atoms with van der Waals surface area (Å²) in [7, 11) is 0. The summed E-state index contributed by atoms with van der Waals surface area (Å²) in [5.74, 6) is 2.75. The molecule has 3 aromatic rings. The average molecular weight is 323 g/mol. The zero-order chi connectivity index (χ0) is 16.4. The molecule has 1 aliphatic heterocycles. The van der Waals surface area contributed by atoms with E-state index in [1.165, 1.54) is 0 Å². The summed E-state index contributed by atoms with van der Waals surface area (Å²) in [4.78, 5) is 4.43. The maximum absolute atomic E-state index is 5.38. The lowest BCUT2D eigenvalue weighted by Crippen LogP contribution is -2.13. The molecule has 0 bridgehead atoms. The standard InChI is InChI=1S/C18H17N3O3/c1-12-3-2-4-14(7-12)18-20-17(21-24-18)10-19-9-13-5-6-15-16(8-13)23-11-22-15/h2-8,19H,9-11H2,1H3. The van der Waals surface area contributed by atoms with Gasteiger partial charge in [0.15, 0.2) is 17.3 Å². The Morgan fingerprint density at radius 1 is 1.04 bits per heavy atom. The quantitative estimate of drug-likeness (QED) is 0.778. The molecule has 2 aromatic carbocycles. The van der Waals surface area contributed by atoms with Crippen molar-refractivity contribution in [3.63, 3.8) is 0 Å². The lowest BCUT2D eigenvalue weighted by molar-refractivity contribution is 0.174. The van der Waals surface area contributed by atoms with E-state index in [4.69, 9.17) is 14.0 Å². The number of nitrogens with zero attached hydrogens (tertiary/aromatic N) is 2. The predicted molar refractivity (Wildman–Crippen MR) is 87.6 cm³/mol. The number of nitrogens with one attached hydrogen (secondary N) is 1. The van der Waals surface area contributed by atoms with Gasteiger partial charge in [-0.3, -0.25) is 0 Å². The third-order valence-electron chi connectivity index (χ3n) is 3.78. The molecule has 6 heteroatoms. The van der Waals surface area contributed by atoms with Crippen LogP contribution in [0.25, 0.3) is 11.5 Å². The molecule has 0 aliphatic carbocycles. The third-order valence-corrected chi connectivity index (χ3v) is 3.78. The molecule has 24 heavy (non-hydrogen) atoms. The fourth-order valence-electron chi connectivity index (χ4n) is 2.59. The van der Waals surface area contributed by atoms with Crippen molar-refractivity contribution < 1.29 is 14.0 Å². The van der Waals surface area contributed by atoms with Crippen molar-refractivity contribution in [2.45, 2.75) is 20.0 Å². The monoisotopic (exact) mass is 323 g/mol. The van der Waals surface area contributed by atoms with E-state index in [2.05, 4.69) is 15.5 Å². The first-order chi connectivity index (χ1) is 11.8. The van der Waals surface area contributed by atoms with Crippen LogP contribution in [-0.2, 0) is 13.1 Å². The van der Waals surface area contributed by atoms with Crippen LogP contribution in [0.2, 0.25) is 0 Å². The molecule has 0 atom stereocenters. The van der Waals surface area contributed by atoms with Crippen LogP contribution in [0.3, 0.4) is 0 Å². The molecule has 6 nitrogen and oxygen atoms in total. The predicted octanol–water partition coefficient (Wildman–Crippen LogP) is 3.06. The molecule has 1 aliphatic rings. The molecule has 0 saturated heterocycles. The first kappa shape index (κ1) is 14.7. The molecule has 0 spiro atoms. The van der Waals surface area contributed by atoms with Crippen LogP contribution in [0.4, 0.5) is 0 Å². The van der Waals surface area contributed by atoms with Crippen LogP contribution >= 0.6 is 0 Å². The van der Waals surface area contributed by atoms with Crippen molar-refractivity contribution in [3.05, 3.63) is 59.4 Å². The summed E-state index contributed by atoms with van der Waals surface area (Å²) in [6, 6.07) is 13.9. The number of hydrogen-bond acceptors (Lipinski definition) is 6. The fourth-order valence-corrected chi connectivity index (χ4v) is 2.59. The van der Waals surface area contributed by atoms with Gasteiger partial charge in [0.1, 0.15) is 0 Å². The highest BCUT2D eigenvalue weighted by atomic mass is 16.7. The zero-order valence-electron chi connectivity index (χ0n) is 13.3. The minimum atomic E-state index is 0.289.